The highest BCUT2D eigenvalue weighted by Gasteiger charge is 2.01. The molecule has 0 aliphatic rings. The van der Waals surface area contributed by atoms with Gasteiger partial charge < -0.3 is 0 Å². The van der Waals surface area contributed by atoms with Gasteiger partial charge in [0.15, 0.2) is 0 Å². The Morgan fingerprint density at radius 1 is 0.773 bits per heavy atom. The molecule has 3 heteroatoms. The predicted octanol–water partition coefficient (Wildman–Crippen LogP) is 6.13. The Hall–Kier alpha value is -0.830. The molecule has 0 saturated heterocycles. The first-order valence-corrected chi connectivity index (χ1v) is 9.19. The molecule has 0 N–H and O–H groups in total. The number of carbonyl (C=O) groups excluding carboxylic acids is 1. The second-order valence-corrected chi connectivity index (χ2v) is 5.96. The van der Waals surface area contributed by atoms with Crippen LogP contribution in [-0.2, 0) is 14.6 Å². The number of hydrogen-bond donors (Lipinski definition) is 0. The van der Waals surface area contributed by atoms with Crippen molar-refractivity contribution in [2.75, 3.05) is 7.11 Å². The lowest BCUT2D eigenvalue weighted by atomic mass is 10.1. The van der Waals surface area contributed by atoms with Gasteiger partial charge in [0, 0.05) is 6.42 Å². The fourth-order valence-corrected chi connectivity index (χ4v) is 2.47. The minimum atomic E-state index is -0.264. The Kier molecular flexibility index (Phi) is 17.5. The Balaban J connectivity index is 3.12. The van der Waals surface area contributed by atoms with E-state index in [0.717, 1.165) is 12.8 Å². The summed E-state index contributed by atoms with van der Waals surface area (Å²) in [6.07, 6.45) is 21.6. The van der Waals surface area contributed by atoms with E-state index in [-0.39, 0.29) is 5.97 Å². The molecule has 0 atom stereocenters. The zero-order valence-electron chi connectivity index (χ0n) is 14.8. The molecule has 0 fully saturated rings. The number of hydrogen-bond acceptors (Lipinski definition) is 3. The molecule has 0 amide bonds. The van der Waals surface area contributed by atoms with Gasteiger partial charge in [-0.1, -0.05) is 70.4 Å². The first-order chi connectivity index (χ1) is 10.8. The maximum atomic E-state index is 11.0. The van der Waals surface area contributed by atoms with Crippen molar-refractivity contribution in [1.82, 2.24) is 0 Å². The quantitative estimate of drug-likeness (QED) is 0.149. The highest BCUT2D eigenvalue weighted by Crippen LogP contribution is 2.10. The molecule has 0 unspecified atom stereocenters. The van der Waals surface area contributed by atoms with Crippen LogP contribution in [0, 0.1) is 0 Å². The maximum Gasteiger partial charge on any atom is 0.342 e. The van der Waals surface area contributed by atoms with Gasteiger partial charge in [0.1, 0.15) is 0 Å². The van der Waals surface area contributed by atoms with Crippen molar-refractivity contribution in [2.45, 2.75) is 96.8 Å². The number of carbonyl (C=O) groups is 1. The molecular weight excluding hydrogens is 276 g/mol. The lowest BCUT2D eigenvalue weighted by molar-refractivity contribution is -0.255. The summed E-state index contributed by atoms with van der Waals surface area (Å²) in [5.41, 5.74) is 0. The summed E-state index contributed by atoms with van der Waals surface area (Å²) in [5.74, 6) is -0.264. The number of rotatable bonds is 16. The Morgan fingerprint density at radius 2 is 1.27 bits per heavy atom. The maximum absolute atomic E-state index is 11.0. The van der Waals surface area contributed by atoms with E-state index < -0.39 is 0 Å². The molecule has 3 nitrogen and oxygen atoms in total. The third-order valence-corrected chi connectivity index (χ3v) is 3.82. The van der Waals surface area contributed by atoms with E-state index >= 15 is 0 Å². The first-order valence-electron chi connectivity index (χ1n) is 9.19. The summed E-state index contributed by atoms with van der Waals surface area (Å²) in [7, 11) is 1.36. The van der Waals surface area contributed by atoms with E-state index in [9.17, 15) is 4.79 Å². The molecule has 0 radical (unpaired) electrons. The SMILES string of the molecule is CCCCCCCC/C=C\CCCCCCCC(=O)OOC. The molecule has 22 heavy (non-hydrogen) atoms. The monoisotopic (exact) mass is 312 g/mol. The Morgan fingerprint density at radius 3 is 1.82 bits per heavy atom. The van der Waals surface area contributed by atoms with Crippen molar-refractivity contribution >= 4 is 5.97 Å². The zero-order valence-corrected chi connectivity index (χ0v) is 14.8. The second-order valence-electron chi connectivity index (χ2n) is 5.96. The molecule has 0 saturated carbocycles. The van der Waals surface area contributed by atoms with Gasteiger partial charge in [-0.15, -0.1) is 0 Å². The summed E-state index contributed by atoms with van der Waals surface area (Å²) in [6.45, 7) is 2.26. The van der Waals surface area contributed by atoms with E-state index in [4.69, 9.17) is 0 Å². The topological polar surface area (TPSA) is 35.5 Å². The molecule has 0 spiro atoms. The molecular formula is C19H36O3. The van der Waals surface area contributed by atoms with Crippen LogP contribution >= 0.6 is 0 Å². The molecule has 130 valence electrons. The minimum Gasteiger partial charge on any atom is -0.299 e. The molecule has 0 heterocycles. The van der Waals surface area contributed by atoms with Crippen molar-refractivity contribution < 1.29 is 14.6 Å². The number of allylic oxidation sites excluding steroid dienone is 2. The van der Waals surface area contributed by atoms with E-state index in [2.05, 4.69) is 28.9 Å². The van der Waals surface area contributed by atoms with E-state index in [0.29, 0.717) is 6.42 Å². The minimum absolute atomic E-state index is 0.264. The van der Waals surface area contributed by atoms with Gasteiger partial charge in [-0.25, -0.2) is 4.79 Å². The number of unbranched alkanes of at least 4 members (excludes halogenated alkanes) is 11. The highest BCUT2D eigenvalue weighted by atomic mass is 17.2. The van der Waals surface area contributed by atoms with Crippen molar-refractivity contribution in [3.05, 3.63) is 12.2 Å². The fraction of sp³-hybridized carbons (Fsp3) is 0.842. The van der Waals surface area contributed by atoms with Gasteiger partial charge >= 0.3 is 5.97 Å². The van der Waals surface area contributed by atoms with Crippen LogP contribution in [0.25, 0.3) is 0 Å². The van der Waals surface area contributed by atoms with Crippen LogP contribution < -0.4 is 0 Å². The van der Waals surface area contributed by atoms with E-state index in [1.165, 1.54) is 77.7 Å². The van der Waals surface area contributed by atoms with Gasteiger partial charge in [0.25, 0.3) is 0 Å². The van der Waals surface area contributed by atoms with Crippen LogP contribution in [0.2, 0.25) is 0 Å². The van der Waals surface area contributed by atoms with Crippen LogP contribution in [0.3, 0.4) is 0 Å². The lowest BCUT2D eigenvalue weighted by Gasteiger charge is -2.00. The molecule has 0 aliphatic heterocycles. The molecule has 0 aromatic rings. The zero-order chi connectivity index (χ0) is 16.3. The molecule has 0 rings (SSSR count). The highest BCUT2D eigenvalue weighted by molar-refractivity contribution is 5.68. The second kappa shape index (κ2) is 18.2. The summed E-state index contributed by atoms with van der Waals surface area (Å²) < 4.78 is 0. The van der Waals surface area contributed by atoms with Gasteiger partial charge in [-0.3, -0.25) is 4.89 Å². The van der Waals surface area contributed by atoms with Gasteiger partial charge in [-0.05, 0) is 32.1 Å². The summed E-state index contributed by atoms with van der Waals surface area (Å²) in [6, 6.07) is 0. The summed E-state index contributed by atoms with van der Waals surface area (Å²) >= 11 is 0. The van der Waals surface area contributed by atoms with Crippen LogP contribution in [0.5, 0.6) is 0 Å². The third kappa shape index (κ3) is 17.2. The van der Waals surface area contributed by atoms with Crippen molar-refractivity contribution in [1.29, 1.82) is 0 Å². The van der Waals surface area contributed by atoms with Crippen LogP contribution in [-0.4, -0.2) is 13.1 Å². The van der Waals surface area contributed by atoms with Crippen molar-refractivity contribution in [3.8, 4) is 0 Å². The summed E-state index contributed by atoms with van der Waals surface area (Å²) in [5, 5.41) is 0. The van der Waals surface area contributed by atoms with Gasteiger partial charge in [-0.2, -0.15) is 4.89 Å². The van der Waals surface area contributed by atoms with Crippen LogP contribution in [0.1, 0.15) is 96.8 Å². The third-order valence-electron chi connectivity index (χ3n) is 3.82. The first kappa shape index (κ1) is 21.2. The van der Waals surface area contributed by atoms with Crippen LogP contribution in [0.15, 0.2) is 12.2 Å². The molecule has 0 aromatic carbocycles. The molecule has 0 aromatic heterocycles. The standard InChI is InChI=1S/C19H36O3/c1-3-4-5-6-7-8-9-10-11-12-13-14-15-16-17-18-19(20)22-21-2/h10-11H,3-9,12-18H2,1-2H3/b11-10-. The van der Waals surface area contributed by atoms with E-state index in [1.807, 2.05) is 0 Å². The largest absolute Gasteiger partial charge is 0.342 e. The van der Waals surface area contributed by atoms with Gasteiger partial charge in [0.2, 0.25) is 0 Å². The predicted molar refractivity (Wildman–Crippen MR) is 92.6 cm³/mol. The smallest absolute Gasteiger partial charge is 0.299 e. The normalized spacial score (nSPS) is 11.2. The van der Waals surface area contributed by atoms with Crippen LogP contribution in [0.4, 0.5) is 0 Å². The molecule has 0 aliphatic carbocycles. The van der Waals surface area contributed by atoms with Crippen molar-refractivity contribution in [3.63, 3.8) is 0 Å². The van der Waals surface area contributed by atoms with Crippen molar-refractivity contribution in [2.24, 2.45) is 0 Å². The Bertz CT molecular complexity index is 261. The fourth-order valence-electron chi connectivity index (χ4n) is 2.47. The van der Waals surface area contributed by atoms with E-state index in [1.54, 1.807) is 0 Å². The van der Waals surface area contributed by atoms with Gasteiger partial charge in [0.05, 0.1) is 7.11 Å². The average molecular weight is 312 g/mol. The lowest BCUT2D eigenvalue weighted by Crippen LogP contribution is -2.02. The molecule has 0 bridgehead atoms. The Labute approximate surface area is 137 Å². The average Bonchev–Trinajstić information content (AvgIpc) is 2.51. The summed E-state index contributed by atoms with van der Waals surface area (Å²) in [4.78, 5) is 19.8.